The lowest BCUT2D eigenvalue weighted by Gasteiger charge is -2.26. The van der Waals surface area contributed by atoms with Crippen molar-refractivity contribution in [3.8, 4) is 0 Å². The SMILES string of the molecule is CCCCCC1CCC(C=CCCc2ccc(C3=CCC(CC)CC3)c(F)c2F)CC1. The molecule has 2 aliphatic rings. The molecule has 1 saturated carbocycles. The van der Waals surface area contributed by atoms with Crippen molar-refractivity contribution < 1.29 is 8.78 Å². The van der Waals surface area contributed by atoms with Crippen LogP contribution >= 0.6 is 0 Å². The van der Waals surface area contributed by atoms with Crippen molar-refractivity contribution in [1.82, 2.24) is 0 Å². The molecule has 1 unspecified atom stereocenters. The molecule has 0 aliphatic heterocycles. The minimum absolute atomic E-state index is 0.474. The van der Waals surface area contributed by atoms with Gasteiger partial charge in [0.05, 0.1) is 0 Å². The van der Waals surface area contributed by atoms with Crippen molar-refractivity contribution >= 4 is 5.57 Å². The first-order valence-corrected chi connectivity index (χ1v) is 12.9. The van der Waals surface area contributed by atoms with Crippen LogP contribution in [0.15, 0.2) is 30.4 Å². The van der Waals surface area contributed by atoms with Gasteiger partial charge in [-0.2, -0.15) is 0 Å². The van der Waals surface area contributed by atoms with E-state index in [9.17, 15) is 8.78 Å². The van der Waals surface area contributed by atoms with Crippen LogP contribution in [0, 0.1) is 29.4 Å². The fourth-order valence-electron chi connectivity index (χ4n) is 5.41. The van der Waals surface area contributed by atoms with Crippen molar-refractivity contribution in [2.45, 2.75) is 104 Å². The number of halogens is 2. The molecule has 1 fully saturated rings. The molecule has 0 aromatic heterocycles. The molecule has 172 valence electrons. The minimum Gasteiger partial charge on any atom is -0.203 e. The van der Waals surface area contributed by atoms with Gasteiger partial charge in [-0.3, -0.25) is 0 Å². The van der Waals surface area contributed by atoms with Gasteiger partial charge in [0, 0.05) is 5.56 Å². The molecule has 0 amide bonds. The summed E-state index contributed by atoms with van der Waals surface area (Å²) in [6, 6.07) is 3.60. The lowest BCUT2D eigenvalue weighted by molar-refractivity contribution is 0.289. The summed E-state index contributed by atoms with van der Waals surface area (Å²) < 4.78 is 29.4. The van der Waals surface area contributed by atoms with E-state index in [2.05, 4.69) is 32.1 Å². The molecular formula is C29H42F2. The third kappa shape index (κ3) is 7.02. The first-order chi connectivity index (χ1) is 15.1. The molecule has 1 aromatic rings. The number of rotatable bonds is 10. The maximum atomic E-state index is 14.7. The number of allylic oxidation sites excluding steroid dienone is 4. The topological polar surface area (TPSA) is 0 Å². The maximum Gasteiger partial charge on any atom is 0.166 e. The Morgan fingerprint density at radius 1 is 0.935 bits per heavy atom. The molecule has 0 nitrogen and oxygen atoms in total. The summed E-state index contributed by atoms with van der Waals surface area (Å²) in [5.41, 5.74) is 1.97. The first kappa shape index (κ1) is 24.2. The van der Waals surface area contributed by atoms with E-state index in [0.29, 0.717) is 29.4 Å². The highest BCUT2D eigenvalue weighted by molar-refractivity contribution is 5.67. The molecule has 1 atom stereocenters. The van der Waals surface area contributed by atoms with Gasteiger partial charge in [-0.25, -0.2) is 8.78 Å². The predicted molar refractivity (Wildman–Crippen MR) is 129 cm³/mol. The van der Waals surface area contributed by atoms with Crippen LogP contribution in [0.2, 0.25) is 0 Å². The standard InChI is InChI=1S/C29H42F2/c1-3-5-6-9-23-12-14-24(15-13-23)10-7-8-11-26-20-21-27(29(31)28(26)30)25-18-16-22(4-2)17-19-25/h7,10,18,20-24H,3-6,8-9,11-17,19H2,1-2H3. The van der Waals surface area contributed by atoms with Gasteiger partial charge in [0.1, 0.15) is 0 Å². The normalized spacial score (nSPS) is 24.5. The molecule has 1 aromatic carbocycles. The zero-order valence-corrected chi connectivity index (χ0v) is 19.8. The van der Waals surface area contributed by atoms with Gasteiger partial charge in [0.2, 0.25) is 0 Å². The molecular weight excluding hydrogens is 386 g/mol. The monoisotopic (exact) mass is 428 g/mol. The van der Waals surface area contributed by atoms with Crippen molar-refractivity contribution in [1.29, 1.82) is 0 Å². The molecule has 0 N–H and O–H groups in total. The van der Waals surface area contributed by atoms with E-state index < -0.39 is 11.6 Å². The van der Waals surface area contributed by atoms with E-state index in [1.165, 1.54) is 51.4 Å². The quantitative estimate of drug-likeness (QED) is 0.257. The predicted octanol–water partition coefficient (Wildman–Crippen LogP) is 9.43. The molecule has 0 heterocycles. The second-order valence-corrected chi connectivity index (χ2v) is 9.92. The Morgan fingerprint density at radius 3 is 2.42 bits per heavy atom. The average Bonchev–Trinajstić information content (AvgIpc) is 2.80. The Hall–Kier alpha value is -1.44. The smallest absolute Gasteiger partial charge is 0.166 e. The Kier molecular flexibility index (Phi) is 9.81. The van der Waals surface area contributed by atoms with Gasteiger partial charge in [-0.05, 0) is 86.7 Å². The number of hydrogen-bond donors (Lipinski definition) is 0. The molecule has 0 radical (unpaired) electrons. The second-order valence-electron chi connectivity index (χ2n) is 9.92. The maximum absolute atomic E-state index is 14.7. The lowest BCUT2D eigenvalue weighted by atomic mass is 9.79. The third-order valence-corrected chi connectivity index (χ3v) is 7.70. The Morgan fingerprint density at radius 2 is 1.74 bits per heavy atom. The summed E-state index contributed by atoms with van der Waals surface area (Å²) in [6.45, 7) is 4.47. The van der Waals surface area contributed by atoms with E-state index in [1.54, 1.807) is 12.1 Å². The number of aryl methyl sites for hydroxylation is 1. The van der Waals surface area contributed by atoms with Crippen LogP contribution in [0.5, 0.6) is 0 Å². The highest BCUT2D eigenvalue weighted by atomic mass is 19.2. The van der Waals surface area contributed by atoms with Gasteiger partial charge in [-0.1, -0.05) is 76.3 Å². The molecule has 0 bridgehead atoms. The zero-order valence-electron chi connectivity index (χ0n) is 19.8. The minimum atomic E-state index is -0.649. The number of unbranched alkanes of at least 4 members (excludes halogenated alkanes) is 2. The number of hydrogen-bond acceptors (Lipinski definition) is 0. The molecule has 0 spiro atoms. The van der Waals surface area contributed by atoms with Gasteiger partial charge in [0.25, 0.3) is 0 Å². The van der Waals surface area contributed by atoms with Crippen LogP contribution in [0.25, 0.3) is 5.57 Å². The third-order valence-electron chi connectivity index (χ3n) is 7.70. The first-order valence-electron chi connectivity index (χ1n) is 12.9. The average molecular weight is 429 g/mol. The summed E-state index contributed by atoms with van der Waals surface area (Å²) >= 11 is 0. The highest BCUT2D eigenvalue weighted by Gasteiger charge is 2.20. The lowest BCUT2D eigenvalue weighted by Crippen LogP contribution is -2.13. The van der Waals surface area contributed by atoms with Gasteiger partial charge in [-0.15, -0.1) is 0 Å². The second kappa shape index (κ2) is 12.6. The summed E-state index contributed by atoms with van der Waals surface area (Å²) in [6.07, 6.45) is 22.9. The number of benzene rings is 1. The van der Waals surface area contributed by atoms with Crippen LogP contribution < -0.4 is 0 Å². The summed E-state index contributed by atoms with van der Waals surface area (Å²) in [5, 5.41) is 0. The highest BCUT2D eigenvalue weighted by Crippen LogP contribution is 2.35. The molecule has 0 saturated heterocycles. The van der Waals surface area contributed by atoms with Crippen LogP contribution in [-0.2, 0) is 6.42 Å². The van der Waals surface area contributed by atoms with E-state index in [0.717, 1.165) is 43.6 Å². The van der Waals surface area contributed by atoms with Crippen LogP contribution in [-0.4, -0.2) is 0 Å². The van der Waals surface area contributed by atoms with Gasteiger partial charge in [0.15, 0.2) is 11.6 Å². The van der Waals surface area contributed by atoms with Crippen molar-refractivity contribution in [2.24, 2.45) is 17.8 Å². The summed E-state index contributed by atoms with van der Waals surface area (Å²) in [4.78, 5) is 0. The molecule has 2 aliphatic carbocycles. The summed E-state index contributed by atoms with van der Waals surface area (Å²) in [7, 11) is 0. The summed E-state index contributed by atoms with van der Waals surface area (Å²) in [5.74, 6) is 1.01. The van der Waals surface area contributed by atoms with Crippen molar-refractivity contribution in [3.05, 3.63) is 53.1 Å². The van der Waals surface area contributed by atoms with Gasteiger partial charge < -0.3 is 0 Å². The molecule has 2 heteroatoms. The Labute approximate surface area is 189 Å². The van der Waals surface area contributed by atoms with Crippen LogP contribution in [0.4, 0.5) is 8.78 Å². The van der Waals surface area contributed by atoms with Crippen molar-refractivity contribution in [3.63, 3.8) is 0 Å². The Bertz CT molecular complexity index is 737. The van der Waals surface area contributed by atoms with Crippen LogP contribution in [0.3, 0.4) is 0 Å². The van der Waals surface area contributed by atoms with E-state index in [1.807, 2.05) is 0 Å². The Balaban J connectivity index is 1.46. The van der Waals surface area contributed by atoms with Gasteiger partial charge >= 0.3 is 0 Å². The molecule has 3 rings (SSSR count). The zero-order chi connectivity index (χ0) is 22.1. The largest absolute Gasteiger partial charge is 0.203 e. The fourth-order valence-corrected chi connectivity index (χ4v) is 5.41. The molecule has 31 heavy (non-hydrogen) atoms. The van der Waals surface area contributed by atoms with Crippen LogP contribution in [0.1, 0.15) is 108 Å². The fraction of sp³-hybridized carbons (Fsp3) is 0.655. The van der Waals surface area contributed by atoms with E-state index >= 15 is 0 Å². The van der Waals surface area contributed by atoms with E-state index in [-0.39, 0.29) is 0 Å². The van der Waals surface area contributed by atoms with Crippen molar-refractivity contribution in [2.75, 3.05) is 0 Å². The van der Waals surface area contributed by atoms with E-state index in [4.69, 9.17) is 0 Å².